The number of hydrogen-bond donors (Lipinski definition) is 1. The molecular formula is C12H21N3O. The van der Waals surface area contributed by atoms with Gasteiger partial charge in [0.05, 0.1) is 12.1 Å². The number of nitrogens with zero attached hydrogens (tertiary/aromatic N) is 2. The van der Waals surface area contributed by atoms with Gasteiger partial charge in [0.2, 0.25) is 0 Å². The minimum Gasteiger partial charge on any atom is -0.464 e. The zero-order valence-electron chi connectivity index (χ0n) is 10.7. The number of nitrogens with two attached hydrogens (primary N) is 1. The maximum Gasteiger partial charge on any atom is 0.191 e. The van der Waals surface area contributed by atoms with Crippen LogP contribution in [-0.2, 0) is 6.54 Å². The lowest BCUT2D eigenvalue weighted by Crippen LogP contribution is -2.35. The summed E-state index contributed by atoms with van der Waals surface area (Å²) in [7, 11) is 1.91. The smallest absolute Gasteiger partial charge is 0.191 e. The fraction of sp³-hybridized carbons (Fsp3) is 0.583. The minimum absolute atomic E-state index is 0.155. The van der Waals surface area contributed by atoms with Crippen LogP contribution in [0.1, 0.15) is 32.3 Å². The zero-order chi connectivity index (χ0) is 12.3. The van der Waals surface area contributed by atoms with Crippen LogP contribution >= 0.6 is 0 Å². The molecular weight excluding hydrogens is 202 g/mol. The van der Waals surface area contributed by atoms with Gasteiger partial charge in [0.1, 0.15) is 11.5 Å². The van der Waals surface area contributed by atoms with Crippen molar-refractivity contribution < 1.29 is 4.42 Å². The molecule has 4 nitrogen and oxygen atoms in total. The first-order valence-electron chi connectivity index (χ1n) is 5.40. The van der Waals surface area contributed by atoms with E-state index in [9.17, 15) is 0 Å². The molecule has 0 aromatic carbocycles. The Bertz CT molecular complexity index is 374. The first kappa shape index (κ1) is 12.6. The Labute approximate surface area is 97.1 Å². The van der Waals surface area contributed by atoms with E-state index >= 15 is 0 Å². The van der Waals surface area contributed by atoms with Crippen LogP contribution < -0.4 is 5.73 Å². The number of furan rings is 1. The first-order chi connectivity index (χ1) is 7.28. The molecule has 0 bridgehead atoms. The number of aliphatic imine (C=N–C) groups is 1. The molecule has 0 atom stereocenters. The molecule has 90 valence electrons. The quantitative estimate of drug-likeness (QED) is 0.617. The summed E-state index contributed by atoms with van der Waals surface area (Å²) in [5.74, 6) is 2.34. The average molecular weight is 223 g/mol. The summed E-state index contributed by atoms with van der Waals surface area (Å²) < 4.78 is 5.48. The number of rotatable bonds is 2. The van der Waals surface area contributed by atoms with Gasteiger partial charge >= 0.3 is 0 Å². The van der Waals surface area contributed by atoms with Crippen LogP contribution in [0.3, 0.4) is 0 Å². The Kier molecular flexibility index (Phi) is 3.62. The van der Waals surface area contributed by atoms with Gasteiger partial charge in [-0.05, 0) is 39.8 Å². The lowest BCUT2D eigenvalue weighted by Gasteiger charge is -2.21. The Morgan fingerprint density at radius 1 is 1.44 bits per heavy atom. The minimum atomic E-state index is -0.155. The molecule has 0 fully saturated rings. The fourth-order valence-corrected chi connectivity index (χ4v) is 1.31. The van der Waals surface area contributed by atoms with Crippen molar-refractivity contribution in [2.24, 2.45) is 10.7 Å². The number of guanidine groups is 1. The highest BCUT2D eigenvalue weighted by Crippen LogP contribution is 2.10. The van der Waals surface area contributed by atoms with Crippen molar-refractivity contribution in [1.29, 1.82) is 0 Å². The largest absolute Gasteiger partial charge is 0.464 e. The lowest BCUT2D eigenvalue weighted by molar-refractivity contribution is 0.392. The molecule has 0 radical (unpaired) electrons. The summed E-state index contributed by atoms with van der Waals surface area (Å²) >= 11 is 0. The van der Waals surface area contributed by atoms with E-state index < -0.39 is 0 Å². The van der Waals surface area contributed by atoms with Gasteiger partial charge in [0.25, 0.3) is 0 Å². The van der Waals surface area contributed by atoms with Crippen LogP contribution in [0, 0.1) is 6.92 Å². The Morgan fingerprint density at radius 2 is 2.06 bits per heavy atom. The van der Waals surface area contributed by atoms with E-state index in [-0.39, 0.29) is 5.54 Å². The van der Waals surface area contributed by atoms with Crippen molar-refractivity contribution in [3.63, 3.8) is 0 Å². The maximum atomic E-state index is 5.89. The predicted octanol–water partition coefficient (Wildman–Crippen LogP) is 2.13. The monoisotopic (exact) mass is 223 g/mol. The second-order valence-electron chi connectivity index (χ2n) is 5.01. The first-order valence-corrected chi connectivity index (χ1v) is 5.40. The van der Waals surface area contributed by atoms with Gasteiger partial charge in [-0.2, -0.15) is 0 Å². The zero-order valence-corrected chi connectivity index (χ0v) is 10.7. The summed E-state index contributed by atoms with van der Waals surface area (Å²) in [4.78, 5) is 6.27. The van der Waals surface area contributed by atoms with E-state index in [1.54, 1.807) is 0 Å². The lowest BCUT2D eigenvalue weighted by atomic mass is 10.1. The number of hydrogen-bond acceptors (Lipinski definition) is 2. The van der Waals surface area contributed by atoms with E-state index in [1.807, 2.05) is 51.8 Å². The van der Waals surface area contributed by atoms with E-state index in [2.05, 4.69) is 4.99 Å². The van der Waals surface area contributed by atoms with Gasteiger partial charge in [0.15, 0.2) is 5.96 Å². The van der Waals surface area contributed by atoms with Gasteiger partial charge in [0, 0.05) is 7.05 Å². The predicted molar refractivity (Wildman–Crippen MR) is 66.3 cm³/mol. The van der Waals surface area contributed by atoms with Crippen molar-refractivity contribution in [3.05, 3.63) is 23.7 Å². The van der Waals surface area contributed by atoms with Crippen LogP contribution in [0.25, 0.3) is 0 Å². The van der Waals surface area contributed by atoms with Crippen LogP contribution in [0.4, 0.5) is 0 Å². The van der Waals surface area contributed by atoms with Gasteiger partial charge in [-0.15, -0.1) is 0 Å². The SMILES string of the molecule is Cc1ccc(CN(C)C(N)=NC(C)(C)C)o1. The highest BCUT2D eigenvalue weighted by molar-refractivity contribution is 5.78. The molecule has 0 unspecified atom stereocenters. The Morgan fingerprint density at radius 3 is 2.50 bits per heavy atom. The fourth-order valence-electron chi connectivity index (χ4n) is 1.31. The Hall–Kier alpha value is -1.45. The second-order valence-corrected chi connectivity index (χ2v) is 5.01. The van der Waals surface area contributed by atoms with Gasteiger partial charge in [-0.25, -0.2) is 4.99 Å². The summed E-state index contributed by atoms with van der Waals surface area (Å²) in [6.45, 7) is 8.62. The molecule has 0 amide bonds. The standard InChI is InChI=1S/C12H21N3O/c1-9-6-7-10(16-9)8-15(5)11(13)14-12(2,3)4/h6-7H,8H2,1-5H3,(H2,13,14). The van der Waals surface area contributed by atoms with Gasteiger partial charge < -0.3 is 15.1 Å². The molecule has 0 aliphatic carbocycles. The van der Waals surface area contributed by atoms with Crippen molar-refractivity contribution in [3.8, 4) is 0 Å². The molecule has 1 aromatic rings. The molecule has 0 aliphatic heterocycles. The van der Waals surface area contributed by atoms with Gasteiger partial charge in [-0.1, -0.05) is 0 Å². The molecule has 2 N–H and O–H groups in total. The second kappa shape index (κ2) is 4.60. The molecule has 0 saturated carbocycles. The van der Waals surface area contributed by atoms with Crippen molar-refractivity contribution in [1.82, 2.24) is 4.90 Å². The number of aryl methyl sites for hydroxylation is 1. The molecule has 1 heterocycles. The van der Waals surface area contributed by atoms with E-state index in [4.69, 9.17) is 10.2 Å². The van der Waals surface area contributed by atoms with Crippen molar-refractivity contribution in [2.75, 3.05) is 7.05 Å². The van der Waals surface area contributed by atoms with Crippen LogP contribution in [0.2, 0.25) is 0 Å². The third-order valence-electron chi connectivity index (χ3n) is 2.03. The van der Waals surface area contributed by atoms with Crippen molar-refractivity contribution in [2.45, 2.75) is 39.8 Å². The van der Waals surface area contributed by atoms with Crippen LogP contribution in [0.15, 0.2) is 21.5 Å². The molecule has 16 heavy (non-hydrogen) atoms. The third kappa shape index (κ3) is 3.96. The molecule has 0 saturated heterocycles. The highest BCUT2D eigenvalue weighted by Gasteiger charge is 2.11. The molecule has 0 aliphatic rings. The summed E-state index contributed by atoms with van der Waals surface area (Å²) in [5, 5.41) is 0. The summed E-state index contributed by atoms with van der Waals surface area (Å²) in [6.07, 6.45) is 0. The molecule has 1 aromatic heterocycles. The van der Waals surface area contributed by atoms with Crippen molar-refractivity contribution >= 4 is 5.96 Å². The average Bonchev–Trinajstić information content (AvgIpc) is 2.48. The molecule has 4 heteroatoms. The topological polar surface area (TPSA) is 54.8 Å². The normalized spacial score (nSPS) is 12.9. The third-order valence-corrected chi connectivity index (χ3v) is 2.03. The van der Waals surface area contributed by atoms with Gasteiger partial charge in [-0.3, -0.25) is 0 Å². The van der Waals surface area contributed by atoms with Crippen LogP contribution in [0.5, 0.6) is 0 Å². The van der Waals surface area contributed by atoms with Crippen LogP contribution in [-0.4, -0.2) is 23.4 Å². The van der Waals surface area contributed by atoms with E-state index in [0.29, 0.717) is 12.5 Å². The maximum absolute atomic E-state index is 5.89. The highest BCUT2D eigenvalue weighted by atomic mass is 16.3. The molecule has 1 rings (SSSR count). The summed E-state index contributed by atoms with van der Waals surface area (Å²) in [5.41, 5.74) is 5.74. The Balaban J connectivity index is 2.65. The summed E-state index contributed by atoms with van der Waals surface area (Å²) in [6, 6.07) is 3.90. The van der Waals surface area contributed by atoms with E-state index in [0.717, 1.165) is 11.5 Å². The van der Waals surface area contributed by atoms with E-state index in [1.165, 1.54) is 0 Å². The molecule has 0 spiro atoms.